The lowest BCUT2D eigenvalue weighted by atomic mass is 10.1. The van der Waals surface area contributed by atoms with Crippen molar-refractivity contribution in [1.29, 1.82) is 0 Å². The van der Waals surface area contributed by atoms with E-state index in [2.05, 4.69) is 70.6 Å². The Morgan fingerprint density at radius 3 is 2.74 bits per heavy atom. The van der Waals surface area contributed by atoms with Crippen molar-refractivity contribution in [2.45, 2.75) is 45.2 Å². The molecule has 1 atom stereocenters. The molecule has 4 aromatic rings. The second-order valence-electron chi connectivity index (χ2n) is 8.06. The summed E-state index contributed by atoms with van der Waals surface area (Å²) in [4.78, 5) is 12.9. The van der Waals surface area contributed by atoms with E-state index in [9.17, 15) is 4.79 Å². The molecule has 0 unspecified atom stereocenters. The Balaban J connectivity index is 1.49. The first-order chi connectivity index (χ1) is 15.1. The minimum Gasteiger partial charge on any atom is -0.346 e. The molecule has 1 amide bonds. The van der Waals surface area contributed by atoms with Gasteiger partial charge in [0.15, 0.2) is 11.5 Å². The van der Waals surface area contributed by atoms with Crippen molar-refractivity contribution in [2.24, 2.45) is 0 Å². The lowest BCUT2D eigenvalue weighted by Gasteiger charge is -2.17. The van der Waals surface area contributed by atoms with Crippen LogP contribution >= 0.6 is 11.8 Å². The van der Waals surface area contributed by atoms with Gasteiger partial charge in [0.2, 0.25) is 5.91 Å². The van der Waals surface area contributed by atoms with E-state index in [-0.39, 0.29) is 11.9 Å². The molecule has 0 spiro atoms. The van der Waals surface area contributed by atoms with Crippen LogP contribution in [-0.2, 0) is 11.2 Å². The highest BCUT2D eigenvalue weighted by atomic mass is 32.2. The molecule has 0 aliphatic carbocycles. The number of aromatic nitrogens is 4. The molecular formula is C24H29N5OS. The number of thioether (sulfide) groups is 1. The first-order valence-electron chi connectivity index (χ1n) is 10.7. The highest BCUT2D eigenvalue weighted by Crippen LogP contribution is 2.26. The highest BCUT2D eigenvalue weighted by Gasteiger charge is 2.20. The van der Waals surface area contributed by atoms with Crippen molar-refractivity contribution < 1.29 is 4.79 Å². The van der Waals surface area contributed by atoms with Crippen LogP contribution in [0.15, 0.2) is 54.9 Å². The Bertz CT molecular complexity index is 1180. The lowest BCUT2D eigenvalue weighted by molar-refractivity contribution is -0.121. The second kappa shape index (κ2) is 9.56. The molecule has 0 fully saturated rings. The van der Waals surface area contributed by atoms with Crippen molar-refractivity contribution in [3.8, 4) is 0 Å². The van der Waals surface area contributed by atoms with E-state index in [0.29, 0.717) is 18.9 Å². The number of aryl methyl sites for hydroxylation is 1. The predicted octanol–water partition coefficient (Wildman–Crippen LogP) is 4.81. The van der Waals surface area contributed by atoms with Crippen LogP contribution < -0.4 is 5.32 Å². The predicted molar refractivity (Wildman–Crippen MR) is 128 cm³/mol. The van der Waals surface area contributed by atoms with Gasteiger partial charge < -0.3 is 9.88 Å². The van der Waals surface area contributed by atoms with E-state index in [1.54, 1.807) is 11.8 Å². The van der Waals surface area contributed by atoms with Gasteiger partial charge in [0.05, 0.1) is 6.04 Å². The molecule has 0 bridgehead atoms. The summed E-state index contributed by atoms with van der Waals surface area (Å²) in [6.07, 6.45) is 8.19. The normalized spacial score (nSPS) is 12.6. The van der Waals surface area contributed by atoms with Gasteiger partial charge >= 0.3 is 0 Å². The molecule has 0 aliphatic heterocycles. The summed E-state index contributed by atoms with van der Waals surface area (Å²) in [5, 5.41) is 13.1. The Labute approximate surface area is 187 Å². The summed E-state index contributed by atoms with van der Waals surface area (Å²) in [7, 11) is 0. The molecular weight excluding hydrogens is 406 g/mol. The maximum Gasteiger partial charge on any atom is 0.220 e. The zero-order valence-electron chi connectivity index (χ0n) is 18.3. The molecule has 162 valence electrons. The average Bonchev–Trinajstić information content (AvgIpc) is 3.37. The fraction of sp³-hybridized carbons (Fsp3) is 0.375. The van der Waals surface area contributed by atoms with Gasteiger partial charge in [-0.15, -0.1) is 10.2 Å². The molecule has 3 heterocycles. The lowest BCUT2D eigenvalue weighted by Crippen LogP contribution is -2.30. The Hall–Kier alpha value is -2.80. The fourth-order valence-corrected chi connectivity index (χ4v) is 4.49. The van der Waals surface area contributed by atoms with Crippen LogP contribution in [0.2, 0.25) is 0 Å². The van der Waals surface area contributed by atoms with Crippen LogP contribution in [0.25, 0.3) is 16.6 Å². The molecule has 0 saturated carbocycles. The third kappa shape index (κ3) is 4.61. The summed E-state index contributed by atoms with van der Waals surface area (Å²) in [6.45, 7) is 4.37. The number of hydrogen-bond acceptors (Lipinski definition) is 4. The number of carbonyl (C=O) groups excluding carboxylic acids is 1. The molecule has 7 heteroatoms. The minimum absolute atomic E-state index is 0.0418. The Kier molecular flexibility index (Phi) is 6.61. The van der Waals surface area contributed by atoms with Gasteiger partial charge in [-0.2, -0.15) is 11.8 Å². The molecule has 3 aromatic heterocycles. The van der Waals surface area contributed by atoms with Gasteiger partial charge in [-0.3, -0.25) is 9.20 Å². The van der Waals surface area contributed by atoms with Crippen molar-refractivity contribution in [1.82, 2.24) is 24.5 Å². The van der Waals surface area contributed by atoms with Crippen LogP contribution in [0.5, 0.6) is 0 Å². The second-order valence-corrected chi connectivity index (χ2v) is 9.05. The summed E-state index contributed by atoms with van der Waals surface area (Å²) in [6, 6.07) is 14.5. The number of nitrogens with zero attached hydrogens (tertiary/aromatic N) is 4. The number of rotatable bonds is 9. The maximum atomic E-state index is 12.9. The number of hydrogen-bond donors (Lipinski definition) is 1. The summed E-state index contributed by atoms with van der Waals surface area (Å²) < 4.78 is 4.24. The number of benzene rings is 1. The van der Waals surface area contributed by atoms with Crippen LogP contribution in [0.4, 0.5) is 0 Å². The van der Waals surface area contributed by atoms with Crippen LogP contribution in [-0.4, -0.2) is 37.1 Å². The van der Waals surface area contributed by atoms with Crippen molar-refractivity contribution in [3.63, 3.8) is 0 Å². The molecule has 1 N–H and O–H groups in total. The molecule has 6 nitrogen and oxygen atoms in total. The SMILES string of the molecule is CSCC[C@H](NC(=O)CCc1cn(C(C)C)c2ccccc12)c1nnc2ccccn12. The third-order valence-corrected chi connectivity index (χ3v) is 6.24. The van der Waals surface area contributed by atoms with Gasteiger partial charge in [-0.25, -0.2) is 0 Å². The number of pyridine rings is 1. The van der Waals surface area contributed by atoms with Crippen molar-refractivity contribution >= 4 is 34.2 Å². The topological polar surface area (TPSA) is 64.2 Å². The number of amides is 1. The third-order valence-electron chi connectivity index (χ3n) is 5.60. The van der Waals surface area contributed by atoms with E-state index in [0.717, 1.165) is 23.6 Å². The molecule has 0 aliphatic rings. The van der Waals surface area contributed by atoms with E-state index >= 15 is 0 Å². The standard InChI is InChI=1S/C24H29N5OS/c1-17(2)29-16-18(19-8-4-5-9-21(19)29)11-12-23(30)25-20(13-15-31-3)24-27-26-22-10-6-7-14-28(22)24/h4-10,14,16-17,20H,11-13,15H2,1-3H3,(H,25,30)/t20-/m0/s1. The summed E-state index contributed by atoms with van der Waals surface area (Å²) >= 11 is 1.77. The van der Waals surface area contributed by atoms with Gasteiger partial charge in [0, 0.05) is 35.8 Å². The minimum atomic E-state index is -0.158. The fourth-order valence-electron chi connectivity index (χ4n) is 4.02. The number of para-hydroxylation sites is 1. The van der Waals surface area contributed by atoms with E-state index < -0.39 is 0 Å². The van der Waals surface area contributed by atoms with Crippen LogP contribution in [0.1, 0.15) is 50.2 Å². The first-order valence-corrected chi connectivity index (χ1v) is 12.1. The van der Waals surface area contributed by atoms with E-state index in [4.69, 9.17) is 0 Å². The quantitative estimate of drug-likeness (QED) is 0.410. The average molecular weight is 436 g/mol. The first kappa shape index (κ1) is 21.4. The molecule has 0 saturated heterocycles. The summed E-state index contributed by atoms with van der Waals surface area (Å²) in [5.74, 6) is 1.77. The molecule has 0 radical (unpaired) electrons. The number of nitrogens with one attached hydrogen (secondary N) is 1. The van der Waals surface area contributed by atoms with E-state index in [1.807, 2.05) is 28.8 Å². The number of fused-ring (bicyclic) bond motifs is 2. The Morgan fingerprint density at radius 2 is 1.94 bits per heavy atom. The Morgan fingerprint density at radius 1 is 1.13 bits per heavy atom. The van der Waals surface area contributed by atoms with Crippen molar-refractivity contribution in [2.75, 3.05) is 12.0 Å². The van der Waals surface area contributed by atoms with Gasteiger partial charge in [0.1, 0.15) is 0 Å². The number of carbonyl (C=O) groups is 1. The smallest absolute Gasteiger partial charge is 0.220 e. The monoisotopic (exact) mass is 435 g/mol. The molecule has 31 heavy (non-hydrogen) atoms. The van der Waals surface area contributed by atoms with Gasteiger partial charge in [-0.05, 0) is 62.5 Å². The van der Waals surface area contributed by atoms with Crippen LogP contribution in [0.3, 0.4) is 0 Å². The largest absolute Gasteiger partial charge is 0.346 e. The maximum absolute atomic E-state index is 12.9. The van der Waals surface area contributed by atoms with Crippen LogP contribution in [0, 0.1) is 0 Å². The zero-order valence-corrected chi connectivity index (χ0v) is 19.1. The van der Waals surface area contributed by atoms with E-state index in [1.165, 1.54) is 16.5 Å². The van der Waals surface area contributed by atoms with Gasteiger partial charge in [0.25, 0.3) is 0 Å². The highest BCUT2D eigenvalue weighted by molar-refractivity contribution is 7.98. The van der Waals surface area contributed by atoms with Gasteiger partial charge in [-0.1, -0.05) is 24.3 Å². The van der Waals surface area contributed by atoms with Crippen molar-refractivity contribution in [3.05, 3.63) is 66.2 Å². The summed E-state index contributed by atoms with van der Waals surface area (Å²) in [5.41, 5.74) is 3.23. The molecule has 4 rings (SSSR count). The molecule has 1 aromatic carbocycles. The zero-order chi connectivity index (χ0) is 21.8.